The van der Waals surface area contributed by atoms with Gasteiger partial charge in [0.15, 0.2) is 0 Å². The number of hydrogen-bond acceptors (Lipinski definition) is 5. The lowest BCUT2D eigenvalue weighted by Crippen LogP contribution is -2.40. The third kappa shape index (κ3) is 4.63. The molecule has 0 unspecified atom stereocenters. The highest BCUT2D eigenvalue weighted by Gasteiger charge is 2.27. The van der Waals surface area contributed by atoms with Crippen LogP contribution in [0.4, 0.5) is 11.4 Å². The van der Waals surface area contributed by atoms with Crippen LogP contribution in [0.25, 0.3) is 5.65 Å². The molecule has 1 aliphatic rings. The summed E-state index contributed by atoms with van der Waals surface area (Å²) in [6, 6.07) is 17.6. The van der Waals surface area contributed by atoms with Crippen LogP contribution in [0.15, 0.2) is 73.1 Å². The first-order chi connectivity index (χ1) is 17.0. The largest absolute Gasteiger partial charge is 0.486 e. The van der Waals surface area contributed by atoms with E-state index >= 15 is 0 Å². The molecule has 2 aromatic carbocycles. The van der Waals surface area contributed by atoms with Crippen LogP contribution in [0, 0.1) is 6.92 Å². The quantitative estimate of drug-likeness (QED) is 0.420. The van der Waals surface area contributed by atoms with Gasteiger partial charge in [-0.25, -0.2) is 4.98 Å². The van der Waals surface area contributed by atoms with Crippen molar-refractivity contribution >= 4 is 34.7 Å². The van der Waals surface area contributed by atoms with Gasteiger partial charge < -0.3 is 14.5 Å². The van der Waals surface area contributed by atoms with E-state index in [0.717, 1.165) is 16.9 Å². The molecule has 0 saturated carbocycles. The standard InChI is InChI=1S/C27H24N4O4/c1-18-6-5-15-30-16-20(28-26(18)30)17-35-23-8-3-2-7-22(23)27(34)29-19-11-13-21(14-12-19)31-24(32)9-4-10-25(31)33/h2-3,5-8,11-16H,4,9-10,17H2,1H3,(H,29,34). The molecule has 4 aromatic rings. The molecule has 8 nitrogen and oxygen atoms in total. The first-order valence-corrected chi connectivity index (χ1v) is 11.4. The fourth-order valence-corrected chi connectivity index (χ4v) is 4.14. The monoisotopic (exact) mass is 468 g/mol. The lowest BCUT2D eigenvalue weighted by atomic mass is 10.1. The van der Waals surface area contributed by atoms with E-state index in [0.29, 0.717) is 42.0 Å². The van der Waals surface area contributed by atoms with Crippen molar-refractivity contribution in [3.05, 3.63) is 89.9 Å². The number of nitrogens with zero attached hydrogens (tertiary/aromatic N) is 3. The molecule has 1 aliphatic heterocycles. The zero-order valence-electron chi connectivity index (χ0n) is 19.2. The summed E-state index contributed by atoms with van der Waals surface area (Å²) >= 11 is 0. The van der Waals surface area contributed by atoms with Crippen LogP contribution in [0.3, 0.4) is 0 Å². The number of carbonyl (C=O) groups excluding carboxylic acids is 3. The van der Waals surface area contributed by atoms with Gasteiger partial charge in [-0.2, -0.15) is 0 Å². The van der Waals surface area contributed by atoms with Crippen LogP contribution in [-0.4, -0.2) is 27.1 Å². The number of carbonyl (C=O) groups is 3. The van der Waals surface area contributed by atoms with Gasteiger partial charge in [-0.1, -0.05) is 18.2 Å². The van der Waals surface area contributed by atoms with E-state index in [9.17, 15) is 14.4 Å². The minimum Gasteiger partial charge on any atom is -0.486 e. The van der Waals surface area contributed by atoms with Gasteiger partial charge in [-0.3, -0.25) is 19.3 Å². The summed E-state index contributed by atoms with van der Waals surface area (Å²) in [4.78, 5) is 43.1. The van der Waals surface area contributed by atoms with E-state index in [1.807, 2.05) is 35.9 Å². The van der Waals surface area contributed by atoms with Crippen molar-refractivity contribution < 1.29 is 19.1 Å². The normalized spacial score (nSPS) is 13.8. The Morgan fingerprint density at radius 3 is 2.49 bits per heavy atom. The number of piperidine rings is 1. The predicted molar refractivity (Wildman–Crippen MR) is 131 cm³/mol. The highest BCUT2D eigenvalue weighted by Crippen LogP contribution is 2.25. The molecule has 0 spiro atoms. The Morgan fingerprint density at radius 2 is 1.74 bits per heavy atom. The molecular formula is C27H24N4O4. The van der Waals surface area contributed by atoms with Crippen molar-refractivity contribution in [2.45, 2.75) is 32.8 Å². The third-order valence-corrected chi connectivity index (χ3v) is 5.90. The number of aromatic nitrogens is 2. The molecule has 8 heteroatoms. The zero-order chi connectivity index (χ0) is 24.4. The summed E-state index contributed by atoms with van der Waals surface area (Å²) < 4.78 is 7.90. The van der Waals surface area contributed by atoms with Crippen LogP contribution in [0.2, 0.25) is 0 Å². The predicted octanol–water partition coefficient (Wildman–Crippen LogP) is 4.52. The summed E-state index contributed by atoms with van der Waals surface area (Å²) in [5, 5.41) is 2.85. The van der Waals surface area contributed by atoms with Gasteiger partial charge in [0.2, 0.25) is 11.8 Å². The van der Waals surface area contributed by atoms with Gasteiger partial charge >= 0.3 is 0 Å². The number of hydrogen-bond donors (Lipinski definition) is 1. The summed E-state index contributed by atoms with van der Waals surface area (Å²) in [5.41, 5.74) is 4.13. The maximum atomic E-state index is 13.0. The van der Waals surface area contributed by atoms with Crippen LogP contribution >= 0.6 is 0 Å². The molecule has 35 heavy (non-hydrogen) atoms. The van der Waals surface area contributed by atoms with Crippen molar-refractivity contribution in [1.29, 1.82) is 0 Å². The SMILES string of the molecule is Cc1cccn2cc(COc3ccccc3C(=O)Nc3ccc(N4C(=O)CCCC4=O)cc3)nc12. The van der Waals surface area contributed by atoms with E-state index in [2.05, 4.69) is 10.3 Å². The molecule has 0 atom stereocenters. The summed E-state index contributed by atoms with van der Waals surface area (Å²) in [5.74, 6) is -0.293. The Bertz CT molecular complexity index is 1410. The maximum Gasteiger partial charge on any atom is 0.259 e. The average Bonchev–Trinajstić information content (AvgIpc) is 3.28. The summed E-state index contributed by atoms with van der Waals surface area (Å²) in [6.07, 6.45) is 5.14. The van der Waals surface area contributed by atoms with E-state index in [-0.39, 0.29) is 24.3 Å². The highest BCUT2D eigenvalue weighted by molar-refractivity contribution is 6.16. The molecule has 3 amide bonds. The molecule has 1 fully saturated rings. The van der Waals surface area contributed by atoms with E-state index in [4.69, 9.17) is 4.74 Å². The number of ether oxygens (including phenoxy) is 1. The van der Waals surface area contributed by atoms with Gasteiger partial charge in [-0.05, 0) is 61.4 Å². The van der Waals surface area contributed by atoms with Crippen LogP contribution < -0.4 is 15.0 Å². The molecule has 5 rings (SSSR count). The number of fused-ring (bicyclic) bond motifs is 1. The lowest BCUT2D eigenvalue weighted by molar-refractivity contribution is -0.129. The second kappa shape index (κ2) is 9.42. The number of anilines is 2. The number of imidazole rings is 1. The summed E-state index contributed by atoms with van der Waals surface area (Å²) in [7, 11) is 0. The van der Waals surface area contributed by atoms with E-state index < -0.39 is 0 Å². The number of pyridine rings is 1. The third-order valence-electron chi connectivity index (χ3n) is 5.90. The van der Waals surface area contributed by atoms with Crippen LogP contribution in [0.1, 0.15) is 40.9 Å². The molecule has 0 bridgehead atoms. The second-order valence-corrected chi connectivity index (χ2v) is 8.42. The second-order valence-electron chi connectivity index (χ2n) is 8.42. The fraction of sp³-hybridized carbons (Fsp3) is 0.185. The first-order valence-electron chi connectivity index (χ1n) is 11.4. The number of aryl methyl sites for hydroxylation is 1. The molecule has 3 heterocycles. The van der Waals surface area contributed by atoms with Crippen molar-refractivity contribution in [3.8, 4) is 5.75 Å². The van der Waals surface area contributed by atoms with Crippen molar-refractivity contribution in [3.63, 3.8) is 0 Å². The van der Waals surface area contributed by atoms with Gasteiger partial charge in [0.1, 0.15) is 18.0 Å². The minimum atomic E-state index is -0.329. The smallest absolute Gasteiger partial charge is 0.259 e. The number of benzene rings is 2. The Balaban J connectivity index is 1.28. The van der Waals surface area contributed by atoms with Gasteiger partial charge in [-0.15, -0.1) is 0 Å². The van der Waals surface area contributed by atoms with Gasteiger partial charge in [0.05, 0.1) is 16.9 Å². The van der Waals surface area contributed by atoms with E-state index in [1.54, 1.807) is 48.5 Å². The highest BCUT2D eigenvalue weighted by atomic mass is 16.5. The number of para-hydroxylation sites is 1. The Labute approximate surface area is 202 Å². The molecular weight excluding hydrogens is 444 g/mol. The Hall–Kier alpha value is -4.46. The Kier molecular flexibility index (Phi) is 6.01. The number of imide groups is 1. The number of nitrogens with one attached hydrogen (secondary N) is 1. The summed E-state index contributed by atoms with van der Waals surface area (Å²) in [6.45, 7) is 2.22. The zero-order valence-corrected chi connectivity index (χ0v) is 19.2. The van der Waals surface area contributed by atoms with Crippen molar-refractivity contribution in [1.82, 2.24) is 9.38 Å². The van der Waals surface area contributed by atoms with E-state index in [1.165, 1.54) is 4.90 Å². The van der Waals surface area contributed by atoms with Crippen molar-refractivity contribution in [2.75, 3.05) is 10.2 Å². The Morgan fingerprint density at radius 1 is 1.00 bits per heavy atom. The molecule has 1 saturated heterocycles. The topological polar surface area (TPSA) is 93.0 Å². The van der Waals surface area contributed by atoms with Crippen molar-refractivity contribution in [2.24, 2.45) is 0 Å². The molecule has 0 aliphatic carbocycles. The van der Waals surface area contributed by atoms with Crippen LogP contribution in [-0.2, 0) is 16.2 Å². The molecule has 176 valence electrons. The molecule has 0 radical (unpaired) electrons. The first kappa shape index (κ1) is 22.3. The maximum absolute atomic E-state index is 13.0. The minimum absolute atomic E-state index is 0.204. The lowest BCUT2D eigenvalue weighted by Gasteiger charge is -2.25. The fourth-order valence-electron chi connectivity index (χ4n) is 4.14. The number of amides is 3. The molecule has 1 N–H and O–H groups in total. The number of rotatable bonds is 6. The molecule has 2 aromatic heterocycles. The van der Waals surface area contributed by atoms with Crippen LogP contribution in [0.5, 0.6) is 5.75 Å². The van der Waals surface area contributed by atoms with Gasteiger partial charge in [0.25, 0.3) is 5.91 Å². The average molecular weight is 469 g/mol. The van der Waals surface area contributed by atoms with Gasteiger partial charge in [0, 0.05) is 30.9 Å².